The number of aromatic hydroxyl groups is 2. The van der Waals surface area contributed by atoms with E-state index in [1.807, 2.05) is 84.9 Å². The number of anilines is 3. The Labute approximate surface area is 263 Å². The summed E-state index contributed by atoms with van der Waals surface area (Å²) in [5.41, 5.74) is 5.41. The standard InChI is InChI=1S/C36H24B2N4O4/c43-23-13-9-21(10-14-23)37-39-27-5-1-3-19-7-17-25(33(41-37)29(19)27)31-35(45)32(36(31)46)26-18-8-20-4-2-6-28-30(20)34(26)42-38(40-28)22-11-15-24(44)16-12-22/h1-18,39-41,43-45H. The summed E-state index contributed by atoms with van der Waals surface area (Å²) < 4.78 is 0. The summed E-state index contributed by atoms with van der Waals surface area (Å²) in [6, 6.07) is 33.4. The third-order valence-electron chi connectivity index (χ3n) is 9.10. The average Bonchev–Trinajstić information content (AvgIpc) is 3.08. The zero-order chi connectivity index (χ0) is 31.1. The molecule has 218 valence electrons. The largest absolute Gasteiger partial charge is 0.508 e. The Hall–Kier alpha value is -6.15. The van der Waals surface area contributed by atoms with Gasteiger partial charge in [-0.25, -0.2) is 0 Å². The van der Waals surface area contributed by atoms with Crippen LogP contribution in [0.3, 0.4) is 0 Å². The van der Waals surface area contributed by atoms with E-state index in [9.17, 15) is 20.1 Å². The van der Waals surface area contributed by atoms with Crippen molar-refractivity contribution in [3.63, 3.8) is 0 Å². The molecule has 0 saturated heterocycles. The number of carbonyl (C=O) groups excluding carboxylic acids is 1. The van der Waals surface area contributed by atoms with Gasteiger partial charge in [-0.15, -0.1) is 0 Å². The molecule has 0 radical (unpaired) electrons. The zero-order valence-electron chi connectivity index (χ0n) is 24.2. The topological polar surface area (TPSA) is 126 Å². The molecule has 0 atom stereocenters. The molecule has 1 aliphatic carbocycles. The van der Waals surface area contributed by atoms with E-state index in [2.05, 4.69) is 15.7 Å². The fraction of sp³-hybridized carbons (Fsp3) is 0. The highest BCUT2D eigenvalue weighted by molar-refractivity contribution is 6.80. The third-order valence-corrected chi connectivity index (χ3v) is 9.10. The SMILES string of the molecule is O=C1C(c2ccc3cccc4c3c2NB(c2ccc(O)cc2)N4)=C(O)C1=c1ccc2cccc3c2c1=NB(c1ccc(O)cc1)N3. The molecular formula is C36H24B2N4O4. The minimum atomic E-state index is -0.446. The molecule has 2 heterocycles. The van der Waals surface area contributed by atoms with Crippen LogP contribution in [0, 0.1) is 0 Å². The van der Waals surface area contributed by atoms with E-state index in [4.69, 9.17) is 4.90 Å². The van der Waals surface area contributed by atoms with Crippen LogP contribution in [0.5, 0.6) is 11.5 Å². The molecule has 0 bridgehead atoms. The molecule has 3 aliphatic rings. The summed E-state index contributed by atoms with van der Waals surface area (Å²) in [6.45, 7) is -0.772. The molecule has 2 aliphatic heterocycles. The number of hydrogen-bond donors (Lipinski definition) is 6. The van der Waals surface area contributed by atoms with Gasteiger partial charge in [0.1, 0.15) is 17.3 Å². The van der Waals surface area contributed by atoms with Crippen molar-refractivity contribution in [3.05, 3.63) is 131 Å². The van der Waals surface area contributed by atoms with Gasteiger partial charge in [-0.2, -0.15) is 0 Å². The van der Waals surface area contributed by atoms with Gasteiger partial charge in [0.25, 0.3) is 0 Å². The molecule has 6 aromatic carbocycles. The number of Topliss-reactive ketones (excluding diaryl/α,β-unsaturated/α-hetero) is 1. The fourth-order valence-electron chi connectivity index (χ4n) is 6.87. The second kappa shape index (κ2) is 9.67. The Morgan fingerprint density at radius 1 is 0.587 bits per heavy atom. The van der Waals surface area contributed by atoms with Crippen LogP contribution in [0.15, 0.2) is 120 Å². The van der Waals surface area contributed by atoms with Crippen molar-refractivity contribution in [2.45, 2.75) is 0 Å². The number of phenols is 2. The van der Waals surface area contributed by atoms with Gasteiger partial charge in [0.2, 0.25) is 5.78 Å². The highest BCUT2D eigenvalue weighted by Crippen LogP contribution is 2.45. The number of carbonyl (C=O) groups is 1. The van der Waals surface area contributed by atoms with Gasteiger partial charge in [0.15, 0.2) is 0 Å². The number of aliphatic hydroxyl groups excluding tert-OH is 1. The molecular weight excluding hydrogens is 574 g/mol. The number of phenolic OH excluding ortho intramolecular Hbond substituents is 2. The van der Waals surface area contributed by atoms with Gasteiger partial charge < -0.3 is 35.9 Å². The molecule has 9 rings (SSSR count). The maximum Gasteiger partial charge on any atom is 0.427 e. The Bertz CT molecular complexity index is 2460. The monoisotopic (exact) mass is 598 g/mol. The predicted octanol–water partition coefficient (Wildman–Crippen LogP) is 3.78. The van der Waals surface area contributed by atoms with Crippen LogP contribution >= 0.6 is 0 Å². The van der Waals surface area contributed by atoms with E-state index in [-0.39, 0.29) is 41.2 Å². The Kier molecular flexibility index (Phi) is 5.52. The van der Waals surface area contributed by atoms with Crippen LogP contribution in [-0.4, -0.2) is 35.1 Å². The first kappa shape index (κ1) is 26.3. The first-order valence-electron chi connectivity index (χ1n) is 15.0. The van der Waals surface area contributed by atoms with Crippen LogP contribution in [0.1, 0.15) is 5.56 Å². The number of benzene rings is 6. The molecule has 0 unspecified atom stereocenters. The van der Waals surface area contributed by atoms with Crippen LogP contribution in [0.4, 0.5) is 17.1 Å². The van der Waals surface area contributed by atoms with E-state index in [0.29, 0.717) is 16.1 Å². The van der Waals surface area contributed by atoms with Crippen molar-refractivity contribution >= 4 is 80.4 Å². The quantitative estimate of drug-likeness (QED) is 0.171. The molecule has 46 heavy (non-hydrogen) atoms. The fourth-order valence-corrected chi connectivity index (χ4v) is 6.87. The van der Waals surface area contributed by atoms with Gasteiger partial charge in [0, 0.05) is 38.6 Å². The highest BCUT2D eigenvalue weighted by Gasteiger charge is 2.39. The van der Waals surface area contributed by atoms with Crippen molar-refractivity contribution in [2.75, 3.05) is 15.7 Å². The van der Waals surface area contributed by atoms with E-state index in [1.54, 1.807) is 24.3 Å². The first-order chi connectivity index (χ1) is 22.4. The molecule has 10 heteroatoms. The molecule has 0 spiro atoms. The highest BCUT2D eigenvalue weighted by atomic mass is 16.3. The third kappa shape index (κ3) is 3.83. The van der Waals surface area contributed by atoms with Crippen molar-refractivity contribution < 1.29 is 20.1 Å². The number of aliphatic hydroxyl groups is 1. The summed E-state index contributed by atoms with van der Waals surface area (Å²) in [5, 5.41) is 46.9. The van der Waals surface area contributed by atoms with Crippen molar-refractivity contribution in [2.24, 2.45) is 4.90 Å². The summed E-state index contributed by atoms with van der Waals surface area (Å²) in [7, 11) is 0. The summed E-state index contributed by atoms with van der Waals surface area (Å²) >= 11 is 0. The lowest BCUT2D eigenvalue weighted by molar-refractivity contribution is -0.109. The molecule has 0 saturated carbocycles. The number of allylic oxidation sites excluding steroid dienone is 2. The van der Waals surface area contributed by atoms with Crippen molar-refractivity contribution in [3.8, 4) is 11.5 Å². The van der Waals surface area contributed by atoms with Crippen LogP contribution in [0.2, 0.25) is 0 Å². The Morgan fingerprint density at radius 3 is 1.91 bits per heavy atom. The van der Waals surface area contributed by atoms with Crippen molar-refractivity contribution in [1.82, 2.24) is 0 Å². The average molecular weight is 598 g/mol. The Morgan fingerprint density at radius 2 is 1.22 bits per heavy atom. The molecule has 0 amide bonds. The summed E-state index contributed by atoms with van der Waals surface area (Å²) in [6.07, 6.45) is 0. The summed E-state index contributed by atoms with van der Waals surface area (Å²) in [4.78, 5) is 19.2. The smallest absolute Gasteiger partial charge is 0.427 e. The second-order valence-corrected chi connectivity index (χ2v) is 11.8. The lowest BCUT2D eigenvalue weighted by Gasteiger charge is -2.31. The second-order valence-electron chi connectivity index (χ2n) is 11.8. The van der Waals surface area contributed by atoms with Gasteiger partial charge in [0.05, 0.1) is 16.5 Å². The van der Waals surface area contributed by atoms with E-state index in [1.165, 1.54) is 0 Å². The van der Waals surface area contributed by atoms with Crippen LogP contribution in [0.25, 0.3) is 32.7 Å². The minimum Gasteiger partial charge on any atom is -0.508 e. The minimum absolute atomic E-state index is 0.0670. The maximum absolute atomic E-state index is 14.2. The van der Waals surface area contributed by atoms with E-state index >= 15 is 0 Å². The van der Waals surface area contributed by atoms with Crippen LogP contribution in [-0.2, 0) is 4.79 Å². The number of rotatable bonds is 3. The number of nitrogens with one attached hydrogen (secondary N) is 3. The van der Waals surface area contributed by atoms with Crippen LogP contribution < -0.4 is 37.2 Å². The number of hydrogen-bond acceptors (Lipinski definition) is 8. The van der Waals surface area contributed by atoms with Gasteiger partial charge in [-0.1, -0.05) is 72.8 Å². The predicted molar refractivity (Wildman–Crippen MR) is 184 cm³/mol. The lowest BCUT2D eigenvalue weighted by Crippen LogP contribution is -2.48. The first-order valence-corrected chi connectivity index (χ1v) is 15.0. The normalized spacial score (nSPS) is 16.0. The maximum atomic E-state index is 14.2. The van der Waals surface area contributed by atoms with E-state index < -0.39 is 6.98 Å². The van der Waals surface area contributed by atoms with Gasteiger partial charge in [-0.3, -0.25) is 4.79 Å². The van der Waals surface area contributed by atoms with E-state index in [0.717, 1.165) is 49.5 Å². The molecule has 6 N–H and O–H groups in total. The van der Waals surface area contributed by atoms with Gasteiger partial charge >= 0.3 is 14.0 Å². The zero-order valence-corrected chi connectivity index (χ0v) is 24.2. The molecule has 0 aromatic heterocycles. The molecule has 0 fully saturated rings. The lowest BCUT2D eigenvalue weighted by atomic mass is 9.65. The summed E-state index contributed by atoms with van der Waals surface area (Å²) in [5.74, 6) is 0.0239. The molecule has 8 nitrogen and oxygen atoms in total. The van der Waals surface area contributed by atoms with Gasteiger partial charge in [-0.05, 0) is 58.1 Å². The number of nitrogens with zero attached hydrogens (tertiary/aromatic N) is 1. The Balaban J connectivity index is 1.24. The number of ketones is 1. The van der Waals surface area contributed by atoms with Crippen molar-refractivity contribution in [1.29, 1.82) is 0 Å². The molecule has 6 aromatic rings.